The summed E-state index contributed by atoms with van der Waals surface area (Å²) in [5.41, 5.74) is 4.79. The van der Waals surface area contributed by atoms with Crippen molar-refractivity contribution in [1.29, 1.82) is 0 Å². The van der Waals surface area contributed by atoms with E-state index in [1.54, 1.807) is 17.5 Å². The molecular formula is C11H16N4O2S. The van der Waals surface area contributed by atoms with Crippen LogP contribution >= 0.6 is 11.3 Å². The number of thiazole rings is 1. The first-order chi connectivity index (χ1) is 8.58. The highest BCUT2D eigenvalue weighted by molar-refractivity contribution is 7.11. The minimum atomic E-state index is -0.818. The third kappa shape index (κ3) is 2.17. The van der Waals surface area contributed by atoms with Crippen molar-refractivity contribution in [3.05, 3.63) is 16.1 Å². The van der Waals surface area contributed by atoms with Gasteiger partial charge in [-0.25, -0.2) is 4.98 Å². The van der Waals surface area contributed by atoms with Gasteiger partial charge in [0.1, 0.15) is 10.4 Å². The van der Waals surface area contributed by atoms with Gasteiger partial charge in [-0.05, 0) is 19.8 Å². The lowest BCUT2D eigenvalue weighted by Gasteiger charge is -2.38. The Labute approximate surface area is 109 Å². The normalized spacial score (nSPS) is 18.2. The molecule has 4 N–H and O–H groups in total. The number of hydrogen-bond acceptors (Lipinski definition) is 5. The smallest absolute Gasteiger partial charge is 0.234 e. The van der Waals surface area contributed by atoms with Crippen LogP contribution in [0.3, 0.4) is 0 Å². The Morgan fingerprint density at radius 1 is 1.72 bits per heavy atom. The molecule has 1 heterocycles. The van der Waals surface area contributed by atoms with Crippen LogP contribution in [0.15, 0.2) is 11.4 Å². The summed E-state index contributed by atoms with van der Waals surface area (Å²) in [5.74, 6) is -0.182. The molecule has 0 aromatic carbocycles. The maximum absolute atomic E-state index is 12.1. The van der Waals surface area contributed by atoms with Crippen LogP contribution in [0.4, 0.5) is 0 Å². The van der Waals surface area contributed by atoms with Crippen LogP contribution in [0.25, 0.3) is 0 Å². The summed E-state index contributed by atoms with van der Waals surface area (Å²) in [6.07, 6.45) is 3.95. The van der Waals surface area contributed by atoms with Gasteiger partial charge in [0, 0.05) is 11.1 Å². The number of nitrogens with one attached hydrogen (secondary N) is 1. The zero-order chi connectivity index (χ0) is 13.2. The first kappa shape index (κ1) is 12.8. The summed E-state index contributed by atoms with van der Waals surface area (Å²) < 4.78 is 0. The van der Waals surface area contributed by atoms with Gasteiger partial charge in [0.25, 0.3) is 0 Å². The monoisotopic (exact) mass is 268 g/mol. The molecule has 1 aliphatic rings. The SMILES string of the molecule is Cc1cnc(CNC(=O)C2(C(N)=NO)CCC2)s1. The van der Waals surface area contributed by atoms with Gasteiger partial charge in [0.05, 0.1) is 6.54 Å². The Bertz CT molecular complexity index is 479. The number of nitrogens with two attached hydrogens (primary N) is 1. The highest BCUT2D eigenvalue weighted by Gasteiger charge is 2.48. The first-order valence-corrected chi connectivity index (χ1v) is 6.58. The van der Waals surface area contributed by atoms with E-state index in [4.69, 9.17) is 10.9 Å². The van der Waals surface area contributed by atoms with Crippen LogP contribution in [-0.2, 0) is 11.3 Å². The lowest BCUT2D eigenvalue weighted by molar-refractivity contribution is -0.131. The predicted octanol–water partition coefficient (Wildman–Crippen LogP) is 0.984. The maximum Gasteiger partial charge on any atom is 0.234 e. The van der Waals surface area contributed by atoms with Gasteiger partial charge in [0.15, 0.2) is 5.84 Å². The fourth-order valence-corrected chi connectivity index (χ4v) is 2.76. The zero-order valence-electron chi connectivity index (χ0n) is 10.1. The summed E-state index contributed by atoms with van der Waals surface area (Å²) >= 11 is 1.54. The van der Waals surface area contributed by atoms with E-state index in [0.717, 1.165) is 16.3 Å². The van der Waals surface area contributed by atoms with Gasteiger partial charge in [-0.1, -0.05) is 11.6 Å². The molecule has 0 spiro atoms. The summed E-state index contributed by atoms with van der Waals surface area (Å²) in [5, 5.41) is 15.4. The number of nitrogens with zero attached hydrogens (tertiary/aromatic N) is 2. The van der Waals surface area contributed by atoms with Crippen molar-refractivity contribution in [3.8, 4) is 0 Å². The van der Waals surface area contributed by atoms with Crippen molar-refractivity contribution >= 4 is 23.1 Å². The van der Waals surface area contributed by atoms with Crippen molar-refractivity contribution in [2.45, 2.75) is 32.7 Å². The molecule has 1 aromatic rings. The molecular weight excluding hydrogens is 252 g/mol. The van der Waals surface area contributed by atoms with E-state index in [9.17, 15) is 4.79 Å². The molecule has 0 saturated heterocycles. The van der Waals surface area contributed by atoms with Crippen molar-refractivity contribution in [2.24, 2.45) is 16.3 Å². The number of carbonyl (C=O) groups excluding carboxylic acids is 1. The number of amidine groups is 1. The third-order valence-electron chi connectivity index (χ3n) is 3.31. The lowest BCUT2D eigenvalue weighted by atomic mass is 9.67. The molecule has 6 nitrogen and oxygen atoms in total. The maximum atomic E-state index is 12.1. The number of aryl methyl sites for hydroxylation is 1. The van der Waals surface area contributed by atoms with Crippen LogP contribution in [0.2, 0.25) is 0 Å². The minimum Gasteiger partial charge on any atom is -0.409 e. The minimum absolute atomic E-state index is 0.00145. The Kier molecular flexibility index (Phi) is 3.51. The highest BCUT2D eigenvalue weighted by Crippen LogP contribution is 2.41. The summed E-state index contributed by atoms with van der Waals surface area (Å²) in [6.45, 7) is 2.35. The van der Waals surface area contributed by atoms with Gasteiger partial charge in [-0.15, -0.1) is 11.3 Å². The average Bonchev–Trinajstić information content (AvgIpc) is 2.70. The van der Waals surface area contributed by atoms with Crippen molar-refractivity contribution in [2.75, 3.05) is 0 Å². The predicted molar refractivity (Wildman–Crippen MR) is 68.4 cm³/mol. The second-order valence-electron chi connectivity index (χ2n) is 4.47. The zero-order valence-corrected chi connectivity index (χ0v) is 11.0. The molecule has 0 aliphatic heterocycles. The fourth-order valence-electron chi connectivity index (χ4n) is 2.03. The number of amides is 1. The topological polar surface area (TPSA) is 101 Å². The summed E-state index contributed by atoms with van der Waals surface area (Å²) in [6, 6.07) is 0. The second-order valence-corrected chi connectivity index (χ2v) is 5.79. The number of aromatic nitrogens is 1. The van der Waals surface area contributed by atoms with Crippen LogP contribution in [0, 0.1) is 12.3 Å². The third-order valence-corrected chi connectivity index (χ3v) is 4.22. The Hall–Kier alpha value is -1.63. The molecule has 0 bridgehead atoms. The molecule has 7 heteroatoms. The molecule has 1 aliphatic carbocycles. The largest absolute Gasteiger partial charge is 0.409 e. The Morgan fingerprint density at radius 2 is 2.44 bits per heavy atom. The van der Waals surface area contributed by atoms with E-state index in [0.29, 0.717) is 19.4 Å². The van der Waals surface area contributed by atoms with Gasteiger partial charge in [-0.3, -0.25) is 4.79 Å². The molecule has 0 radical (unpaired) electrons. The second kappa shape index (κ2) is 4.93. The number of oxime groups is 1. The molecule has 1 amide bonds. The molecule has 98 valence electrons. The van der Waals surface area contributed by atoms with E-state index in [2.05, 4.69) is 15.5 Å². The number of carbonyl (C=O) groups is 1. The lowest BCUT2D eigenvalue weighted by Crippen LogP contribution is -2.53. The average molecular weight is 268 g/mol. The van der Waals surface area contributed by atoms with E-state index >= 15 is 0 Å². The van der Waals surface area contributed by atoms with Crippen LogP contribution in [0.5, 0.6) is 0 Å². The first-order valence-electron chi connectivity index (χ1n) is 5.76. The molecule has 1 saturated carbocycles. The molecule has 18 heavy (non-hydrogen) atoms. The van der Waals surface area contributed by atoms with E-state index in [1.165, 1.54) is 0 Å². The standard InChI is InChI=1S/C11H16N4O2S/c1-7-5-13-8(18-7)6-14-10(16)11(3-2-4-11)9(12)15-17/h5,17H,2-4,6H2,1H3,(H2,12,15)(H,14,16). The van der Waals surface area contributed by atoms with E-state index in [-0.39, 0.29) is 11.7 Å². The van der Waals surface area contributed by atoms with Crippen LogP contribution in [0.1, 0.15) is 29.1 Å². The van der Waals surface area contributed by atoms with E-state index < -0.39 is 5.41 Å². The quantitative estimate of drug-likeness (QED) is 0.328. The Morgan fingerprint density at radius 3 is 2.89 bits per heavy atom. The van der Waals surface area contributed by atoms with Crippen LogP contribution in [-0.4, -0.2) is 21.9 Å². The fraction of sp³-hybridized carbons (Fsp3) is 0.545. The Balaban J connectivity index is 1.99. The van der Waals surface area contributed by atoms with Gasteiger partial charge < -0.3 is 16.3 Å². The van der Waals surface area contributed by atoms with E-state index in [1.807, 2.05) is 6.92 Å². The molecule has 1 aromatic heterocycles. The van der Waals surface area contributed by atoms with Crippen molar-refractivity contribution in [3.63, 3.8) is 0 Å². The van der Waals surface area contributed by atoms with Crippen LogP contribution < -0.4 is 11.1 Å². The van der Waals surface area contributed by atoms with Crippen molar-refractivity contribution in [1.82, 2.24) is 10.3 Å². The summed E-state index contributed by atoms with van der Waals surface area (Å²) in [7, 11) is 0. The summed E-state index contributed by atoms with van der Waals surface area (Å²) in [4.78, 5) is 17.4. The highest BCUT2D eigenvalue weighted by atomic mass is 32.1. The molecule has 0 unspecified atom stereocenters. The van der Waals surface area contributed by atoms with Gasteiger partial charge >= 0.3 is 0 Å². The molecule has 1 fully saturated rings. The number of hydrogen-bond donors (Lipinski definition) is 3. The van der Waals surface area contributed by atoms with Gasteiger partial charge in [0.2, 0.25) is 5.91 Å². The number of rotatable bonds is 4. The van der Waals surface area contributed by atoms with Crippen molar-refractivity contribution < 1.29 is 10.0 Å². The van der Waals surface area contributed by atoms with Gasteiger partial charge in [-0.2, -0.15) is 0 Å². The molecule has 0 atom stereocenters. The molecule has 2 rings (SSSR count).